The van der Waals surface area contributed by atoms with Crippen molar-refractivity contribution in [1.29, 1.82) is 0 Å². The Labute approximate surface area is 179 Å². The van der Waals surface area contributed by atoms with Gasteiger partial charge in [-0.1, -0.05) is 12.5 Å². The average molecular weight is 438 g/mol. The minimum atomic E-state index is -3.77. The van der Waals surface area contributed by atoms with Crippen molar-refractivity contribution >= 4 is 15.9 Å². The first-order valence-electron chi connectivity index (χ1n) is 11.2. The predicted molar refractivity (Wildman–Crippen MR) is 113 cm³/mol. The number of sulfonamides is 1. The van der Waals surface area contributed by atoms with Crippen LogP contribution in [0.25, 0.3) is 0 Å². The first-order valence-corrected chi connectivity index (χ1v) is 12.7. The van der Waals surface area contributed by atoms with Crippen LogP contribution in [0.1, 0.15) is 44.9 Å². The van der Waals surface area contributed by atoms with Gasteiger partial charge in [-0.2, -0.15) is 4.31 Å². The van der Waals surface area contributed by atoms with Crippen LogP contribution >= 0.6 is 0 Å². The summed E-state index contributed by atoms with van der Waals surface area (Å²) >= 11 is 0. The van der Waals surface area contributed by atoms with Crippen molar-refractivity contribution in [2.45, 2.75) is 55.9 Å². The minimum Gasteiger partial charge on any atom is -0.337 e. The second-order valence-corrected chi connectivity index (χ2v) is 10.8. The lowest BCUT2D eigenvalue weighted by molar-refractivity contribution is -0.141. The topological polar surface area (TPSA) is 60.9 Å². The fourth-order valence-corrected chi connectivity index (χ4v) is 6.34. The van der Waals surface area contributed by atoms with E-state index in [2.05, 4.69) is 4.90 Å². The third-order valence-electron chi connectivity index (χ3n) is 6.83. The van der Waals surface area contributed by atoms with Gasteiger partial charge in [0, 0.05) is 38.1 Å². The fraction of sp³-hybridized carbons (Fsp3) is 0.682. The molecule has 0 radical (unpaired) electrons. The van der Waals surface area contributed by atoms with Crippen LogP contribution in [0, 0.1) is 11.7 Å². The molecular weight excluding hydrogens is 405 g/mol. The number of carbonyl (C=O) groups is 1. The predicted octanol–water partition coefficient (Wildman–Crippen LogP) is 2.70. The molecule has 6 nitrogen and oxygen atoms in total. The molecule has 1 atom stereocenters. The highest BCUT2D eigenvalue weighted by Gasteiger charge is 2.38. The Bertz CT molecular complexity index is 853. The van der Waals surface area contributed by atoms with Crippen molar-refractivity contribution < 1.29 is 17.6 Å². The number of piperidine rings is 1. The van der Waals surface area contributed by atoms with Gasteiger partial charge in [-0.15, -0.1) is 0 Å². The summed E-state index contributed by atoms with van der Waals surface area (Å²) in [5.74, 6) is -0.272. The average Bonchev–Trinajstić information content (AvgIpc) is 3.21. The SMILES string of the molecule is O=C(C1CCC1)N(CCN1CCCC1)C1CCCN(S(=O)(=O)c2cccc(F)c2)C1. The van der Waals surface area contributed by atoms with E-state index < -0.39 is 15.8 Å². The first kappa shape index (κ1) is 21.7. The lowest BCUT2D eigenvalue weighted by atomic mass is 9.83. The van der Waals surface area contributed by atoms with Gasteiger partial charge in [0.1, 0.15) is 5.82 Å². The Kier molecular flexibility index (Phi) is 6.75. The van der Waals surface area contributed by atoms with Gasteiger partial charge in [0.25, 0.3) is 0 Å². The summed E-state index contributed by atoms with van der Waals surface area (Å²) in [6.07, 6.45) is 6.92. The summed E-state index contributed by atoms with van der Waals surface area (Å²) in [6, 6.07) is 5.07. The third kappa shape index (κ3) is 4.70. The number of benzene rings is 1. The van der Waals surface area contributed by atoms with E-state index in [4.69, 9.17) is 0 Å². The van der Waals surface area contributed by atoms with Gasteiger partial charge >= 0.3 is 0 Å². The number of hydrogen-bond acceptors (Lipinski definition) is 4. The molecule has 3 fully saturated rings. The molecule has 1 amide bonds. The summed E-state index contributed by atoms with van der Waals surface area (Å²) in [5.41, 5.74) is 0. The van der Waals surface area contributed by atoms with E-state index in [-0.39, 0.29) is 29.3 Å². The number of rotatable bonds is 7. The lowest BCUT2D eigenvalue weighted by Crippen LogP contribution is -2.55. The summed E-state index contributed by atoms with van der Waals surface area (Å²) in [7, 11) is -3.77. The Hall–Kier alpha value is -1.51. The fourth-order valence-electron chi connectivity index (χ4n) is 4.79. The highest BCUT2D eigenvalue weighted by molar-refractivity contribution is 7.89. The molecule has 0 N–H and O–H groups in total. The third-order valence-corrected chi connectivity index (χ3v) is 8.69. The van der Waals surface area contributed by atoms with Gasteiger partial charge < -0.3 is 9.80 Å². The summed E-state index contributed by atoms with van der Waals surface area (Å²) in [5, 5.41) is 0. The Balaban J connectivity index is 1.49. The molecule has 0 spiro atoms. The molecule has 1 unspecified atom stereocenters. The van der Waals surface area contributed by atoms with E-state index in [0.29, 0.717) is 19.5 Å². The highest BCUT2D eigenvalue weighted by Crippen LogP contribution is 2.31. The van der Waals surface area contributed by atoms with Crippen LogP contribution in [0.15, 0.2) is 29.2 Å². The van der Waals surface area contributed by atoms with Gasteiger partial charge in [0.2, 0.25) is 15.9 Å². The molecule has 2 aliphatic heterocycles. The van der Waals surface area contributed by atoms with Crippen LogP contribution < -0.4 is 0 Å². The number of hydrogen-bond donors (Lipinski definition) is 0. The molecule has 1 aliphatic carbocycles. The maximum Gasteiger partial charge on any atom is 0.243 e. The molecule has 0 aromatic heterocycles. The number of carbonyl (C=O) groups excluding carboxylic acids is 1. The van der Waals surface area contributed by atoms with E-state index in [0.717, 1.165) is 51.4 Å². The van der Waals surface area contributed by atoms with Crippen molar-refractivity contribution in [1.82, 2.24) is 14.1 Å². The smallest absolute Gasteiger partial charge is 0.243 e. The van der Waals surface area contributed by atoms with Crippen LogP contribution in [0.3, 0.4) is 0 Å². The standard InChI is InChI=1S/C22H32FN3O3S/c23-19-8-4-10-21(16-19)30(28,29)25-13-5-9-20(17-25)26(22(27)18-6-3-7-18)15-14-24-11-1-2-12-24/h4,8,10,16,18,20H,1-3,5-7,9,11-15,17H2. The molecule has 3 aliphatic rings. The van der Waals surface area contributed by atoms with Crippen LogP contribution in [-0.2, 0) is 14.8 Å². The zero-order valence-electron chi connectivity index (χ0n) is 17.5. The van der Waals surface area contributed by atoms with Crippen LogP contribution in [-0.4, -0.2) is 73.7 Å². The number of halogens is 1. The molecule has 0 bridgehead atoms. The summed E-state index contributed by atoms with van der Waals surface area (Å²) < 4.78 is 41.2. The summed E-state index contributed by atoms with van der Waals surface area (Å²) in [6.45, 7) is 4.37. The Morgan fingerprint density at radius 2 is 1.83 bits per heavy atom. The molecule has 2 heterocycles. The van der Waals surface area contributed by atoms with Gasteiger partial charge in [0.15, 0.2) is 0 Å². The summed E-state index contributed by atoms with van der Waals surface area (Å²) in [4.78, 5) is 17.5. The van der Waals surface area contributed by atoms with Gasteiger partial charge in [-0.05, 0) is 69.8 Å². The van der Waals surface area contributed by atoms with Crippen molar-refractivity contribution in [2.24, 2.45) is 5.92 Å². The van der Waals surface area contributed by atoms with Gasteiger partial charge in [-0.25, -0.2) is 12.8 Å². The first-order chi connectivity index (χ1) is 14.4. The van der Waals surface area contributed by atoms with Gasteiger partial charge in [-0.3, -0.25) is 4.79 Å². The monoisotopic (exact) mass is 437 g/mol. The largest absolute Gasteiger partial charge is 0.337 e. The van der Waals surface area contributed by atoms with Crippen molar-refractivity contribution in [3.63, 3.8) is 0 Å². The molecule has 1 saturated carbocycles. The molecule has 8 heteroatoms. The van der Waals surface area contributed by atoms with Gasteiger partial charge in [0.05, 0.1) is 4.90 Å². The quantitative estimate of drug-likeness (QED) is 0.658. The zero-order valence-corrected chi connectivity index (χ0v) is 18.3. The number of nitrogens with zero attached hydrogens (tertiary/aromatic N) is 3. The maximum atomic E-state index is 13.6. The van der Waals surface area contributed by atoms with E-state index in [9.17, 15) is 17.6 Å². The molecule has 4 rings (SSSR count). The van der Waals surface area contributed by atoms with Crippen LogP contribution in [0.5, 0.6) is 0 Å². The second-order valence-electron chi connectivity index (χ2n) is 8.82. The van der Waals surface area contributed by atoms with Crippen molar-refractivity contribution in [3.05, 3.63) is 30.1 Å². The van der Waals surface area contributed by atoms with Crippen molar-refractivity contribution in [3.8, 4) is 0 Å². The van der Waals surface area contributed by atoms with Crippen molar-refractivity contribution in [2.75, 3.05) is 39.3 Å². The lowest BCUT2D eigenvalue weighted by Gasteiger charge is -2.42. The number of amides is 1. The number of likely N-dealkylation sites (tertiary alicyclic amines) is 1. The molecular formula is C22H32FN3O3S. The Morgan fingerprint density at radius 1 is 1.07 bits per heavy atom. The molecule has 166 valence electrons. The molecule has 1 aromatic rings. The molecule has 30 heavy (non-hydrogen) atoms. The second kappa shape index (κ2) is 9.32. The normalized spacial score (nSPS) is 24.0. The Morgan fingerprint density at radius 3 is 2.50 bits per heavy atom. The van der Waals surface area contributed by atoms with E-state index in [1.165, 1.54) is 35.3 Å². The van der Waals surface area contributed by atoms with Crippen LogP contribution in [0.4, 0.5) is 4.39 Å². The zero-order chi connectivity index (χ0) is 21.1. The molecule has 1 aromatic carbocycles. The van der Waals surface area contributed by atoms with E-state index in [1.807, 2.05) is 4.90 Å². The maximum absolute atomic E-state index is 13.6. The van der Waals surface area contributed by atoms with Crippen LogP contribution in [0.2, 0.25) is 0 Å². The molecule has 2 saturated heterocycles. The van der Waals surface area contributed by atoms with E-state index >= 15 is 0 Å². The van der Waals surface area contributed by atoms with E-state index in [1.54, 1.807) is 0 Å². The highest BCUT2D eigenvalue weighted by atomic mass is 32.2. The minimum absolute atomic E-state index is 0.0166.